The summed E-state index contributed by atoms with van der Waals surface area (Å²) < 4.78 is 33.0. The Bertz CT molecular complexity index is 529. The molecule has 0 bridgehead atoms. The molecule has 0 saturated carbocycles. The number of aliphatic hydroxyl groups is 1. The van der Waals surface area contributed by atoms with Crippen molar-refractivity contribution in [3.8, 4) is 0 Å². The van der Waals surface area contributed by atoms with E-state index in [9.17, 15) is 8.42 Å². The zero-order valence-corrected chi connectivity index (χ0v) is 12.4. The Labute approximate surface area is 119 Å². The molecule has 1 aromatic rings. The molecule has 1 fully saturated rings. The maximum atomic E-state index is 12.5. The Morgan fingerprint density at radius 1 is 1.55 bits per heavy atom. The van der Waals surface area contributed by atoms with Crippen LogP contribution in [0, 0.1) is 5.92 Å². The standard InChI is InChI=1S/C12H21N3O4S/c1-19-10-11-3-5-15(8-11)20(17,18)12-7-13-14(9-12)4-2-6-16/h7,9,11,16H,2-6,8,10H2,1H3. The van der Waals surface area contributed by atoms with E-state index in [0.29, 0.717) is 32.7 Å². The zero-order chi connectivity index (χ0) is 14.6. The molecule has 1 unspecified atom stereocenters. The Morgan fingerprint density at radius 3 is 3.05 bits per heavy atom. The monoisotopic (exact) mass is 303 g/mol. The molecule has 0 radical (unpaired) electrons. The molecule has 1 N–H and O–H groups in total. The lowest BCUT2D eigenvalue weighted by Gasteiger charge is -2.15. The lowest BCUT2D eigenvalue weighted by molar-refractivity contribution is 0.157. The number of rotatable bonds is 7. The third-order valence-electron chi connectivity index (χ3n) is 3.44. The van der Waals surface area contributed by atoms with Crippen molar-refractivity contribution >= 4 is 10.0 Å². The second-order valence-electron chi connectivity index (χ2n) is 4.99. The SMILES string of the molecule is COCC1CCN(S(=O)(=O)c2cnn(CCCO)c2)C1. The molecule has 114 valence electrons. The summed E-state index contributed by atoms with van der Waals surface area (Å²) in [5, 5.41) is 12.8. The molecule has 1 aliphatic rings. The van der Waals surface area contributed by atoms with Gasteiger partial charge in [-0.05, 0) is 18.8 Å². The van der Waals surface area contributed by atoms with Crippen LogP contribution < -0.4 is 0 Å². The number of hydrogen-bond donors (Lipinski definition) is 1. The molecule has 2 heterocycles. The molecule has 2 rings (SSSR count). The van der Waals surface area contributed by atoms with Gasteiger partial charge in [-0.3, -0.25) is 4.68 Å². The first kappa shape index (κ1) is 15.4. The predicted octanol–water partition coefficient (Wildman–Crippen LogP) is -0.0775. The summed E-state index contributed by atoms with van der Waals surface area (Å²) in [6.07, 6.45) is 4.28. The molecule has 1 aromatic heterocycles. The maximum Gasteiger partial charge on any atom is 0.246 e. The van der Waals surface area contributed by atoms with E-state index in [1.165, 1.54) is 16.7 Å². The van der Waals surface area contributed by atoms with Crippen molar-refractivity contribution in [1.82, 2.24) is 14.1 Å². The van der Waals surface area contributed by atoms with Crippen molar-refractivity contribution in [2.75, 3.05) is 33.4 Å². The number of ether oxygens (including phenoxy) is 1. The van der Waals surface area contributed by atoms with Crippen LogP contribution in [0.3, 0.4) is 0 Å². The Morgan fingerprint density at radius 2 is 2.35 bits per heavy atom. The van der Waals surface area contributed by atoms with Crippen molar-refractivity contribution in [2.24, 2.45) is 5.92 Å². The zero-order valence-electron chi connectivity index (χ0n) is 11.6. The minimum Gasteiger partial charge on any atom is -0.396 e. The van der Waals surface area contributed by atoms with E-state index in [4.69, 9.17) is 9.84 Å². The van der Waals surface area contributed by atoms with Crippen LogP contribution in [-0.4, -0.2) is 61.0 Å². The number of sulfonamides is 1. The fraction of sp³-hybridized carbons (Fsp3) is 0.750. The molecule has 1 aliphatic heterocycles. The first-order valence-corrected chi connectivity index (χ1v) is 8.14. The topological polar surface area (TPSA) is 84.7 Å². The van der Waals surface area contributed by atoms with Gasteiger partial charge in [-0.15, -0.1) is 0 Å². The van der Waals surface area contributed by atoms with Gasteiger partial charge in [-0.1, -0.05) is 0 Å². The normalized spacial score (nSPS) is 20.6. The van der Waals surface area contributed by atoms with Gasteiger partial charge < -0.3 is 9.84 Å². The van der Waals surface area contributed by atoms with Gasteiger partial charge in [0.25, 0.3) is 0 Å². The van der Waals surface area contributed by atoms with Gasteiger partial charge in [0.15, 0.2) is 0 Å². The predicted molar refractivity (Wildman–Crippen MR) is 72.7 cm³/mol. The fourth-order valence-corrected chi connectivity index (χ4v) is 3.86. The van der Waals surface area contributed by atoms with E-state index in [2.05, 4.69) is 5.10 Å². The summed E-state index contributed by atoms with van der Waals surface area (Å²) in [7, 11) is -1.83. The van der Waals surface area contributed by atoms with E-state index in [1.807, 2.05) is 0 Å². The number of aromatic nitrogens is 2. The first-order valence-electron chi connectivity index (χ1n) is 6.70. The number of aliphatic hydroxyl groups excluding tert-OH is 1. The van der Waals surface area contributed by atoms with E-state index in [-0.39, 0.29) is 17.4 Å². The lowest BCUT2D eigenvalue weighted by Crippen LogP contribution is -2.29. The highest BCUT2D eigenvalue weighted by molar-refractivity contribution is 7.89. The van der Waals surface area contributed by atoms with Crippen LogP contribution in [0.4, 0.5) is 0 Å². The Hall–Kier alpha value is -0.960. The number of hydrogen-bond acceptors (Lipinski definition) is 5. The van der Waals surface area contributed by atoms with Crippen LogP contribution >= 0.6 is 0 Å². The fourth-order valence-electron chi connectivity index (χ4n) is 2.37. The van der Waals surface area contributed by atoms with Crippen molar-refractivity contribution in [3.63, 3.8) is 0 Å². The van der Waals surface area contributed by atoms with E-state index >= 15 is 0 Å². The second-order valence-corrected chi connectivity index (χ2v) is 6.93. The van der Waals surface area contributed by atoms with Crippen LogP contribution in [0.25, 0.3) is 0 Å². The first-order chi connectivity index (χ1) is 9.57. The summed E-state index contributed by atoms with van der Waals surface area (Å²) in [4.78, 5) is 0.216. The Balaban J connectivity index is 2.05. The molecule has 0 amide bonds. The van der Waals surface area contributed by atoms with Crippen molar-refractivity contribution in [3.05, 3.63) is 12.4 Å². The highest BCUT2D eigenvalue weighted by Crippen LogP contribution is 2.24. The third-order valence-corrected chi connectivity index (χ3v) is 5.26. The van der Waals surface area contributed by atoms with Crippen LogP contribution in [0.1, 0.15) is 12.8 Å². The third kappa shape index (κ3) is 3.38. The second kappa shape index (κ2) is 6.66. The van der Waals surface area contributed by atoms with Crippen LogP contribution in [0.2, 0.25) is 0 Å². The van der Waals surface area contributed by atoms with Gasteiger partial charge in [0.05, 0.1) is 12.8 Å². The average molecular weight is 303 g/mol. The van der Waals surface area contributed by atoms with E-state index < -0.39 is 10.0 Å². The maximum absolute atomic E-state index is 12.5. The summed E-state index contributed by atoms with van der Waals surface area (Å²) in [5.41, 5.74) is 0. The molecule has 7 nitrogen and oxygen atoms in total. The van der Waals surface area contributed by atoms with Crippen LogP contribution in [0.15, 0.2) is 17.3 Å². The number of aryl methyl sites for hydroxylation is 1. The van der Waals surface area contributed by atoms with Gasteiger partial charge in [-0.2, -0.15) is 9.40 Å². The van der Waals surface area contributed by atoms with E-state index in [1.54, 1.807) is 11.8 Å². The molecular formula is C12H21N3O4S. The Kier molecular flexibility index (Phi) is 5.14. The molecule has 1 saturated heterocycles. The molecule has 8 heteroatoms. The summed E-state index contributed by atoms with van der Waals surface area (Å²) >= 11 is 0. The number of methoxy groups -OCH3 is 1. The van der Waals surface area contributed by atoms with Crippen LogP contribution in [0.5, 0.6) is 0 Å². The summed E-state index contributed by atoms with van der Waals surface area (Å²) in [5.74, 6) is 0.263. The highest BCUT2D eigenvalue weighted by atomic mass is 32.2. The molecule has 0 spiro atoms. The lowest BCUT2D eigenvalue weighted by atomic mass is 10.1. The summed E-state index contributed by atoms with van der Waals surface area (Å²) in [6.45, 7) is 2.18. The molecule has 20 heavy (non-hydrogen) atoms. The van der Waals surface area contributed by atoms with Crippen molar-refractivity contribution in [1.29, 1.82) is 0 Å². The van der Waals surface area contributed by atoms with Gasteiger partial charge in [0, 0.05) is 39.5 Å². The molecular weight excluding hydrogens is 282 g/mol. The van der Waals surface area contributed by atoms with Gasteiger partial charge in [-0.25, -0.2) is 8.42 Å². The van der Waals surface area contributed by atoms with E-state index in [0.717, 1.165) is 6.42 Å². The van der Waals surface area contributed by atoms with Crippen molar-refractivity contribution in [2.45, 2.75) is 24.3 Å². The molecule has 0 aromatic carbocycles. The summed E-state index contributed by atoms with van der Waals surface area (Å²) in [6, 6.07) is 0. The van der Waals surface area contributed by atoms with Gasteiger partial charge in [0.1, 0.15) is 4.90 Å². The van der Waals surface area contributed by atoms with Gasteiger partial charge >= 0.3 is 0 Å². The average Bonchev–Trinajstić information content (AvgIpc) is 3.06. The number of nitrogens with zero attached hydrogens (tertiary/aromatic N) is 3. The molecule has 0 aliphatic carbocycles. The minimum absolute atomic E-state index is 0.0623. The van der Waals surface area contributed by atoms with Gasteiger partial charge in [0.2, 0.25) is 10.0 Å². The highest BCUT2D eigenvalue weighted by Gasteiger charge is 2.33. The quantitative estimate of drug-likeness (QED) is 0.762. The van der Waals surface area contributed by atoms with Crippen LogP contribution in [-0.2, 0) is 21.3 Å². The largest absolute Gasteiger partial charge is 0.396 e. The molecule has 1 atom stereocenters. The van der Waals surface area contributed by atoms with Crippen molar-refractivity contribution < 1.29 is 18.3 Å². The smallest absolute Gasteiger partial charge is 0.246 e. The minimum atomic E-state index is -3.46.